The van der Waals surface area contributed by atoms with E-state index in [2.05, 4.69) is 6.92 Å². The summed E-state index contributed by atoms with van der Waals surface area (Å²) < 4.78 is 24.0. The summed E-state index contributed by atoms with van der Waals surface area (Å²) in [5.41, 5.74) is 5.92. The maximum Gasteiger partial charge on any atom is 0.200 e. The monoisotopic (exact) mass is 666 g/mol. The molecule has 0 aromatic heterocycles. The zero-order valence-corrected chi connectivity index (χ0v) is 28.0. The molecular weight excluding hydrogens is 625 g/mol. The molecule has 8 nitrogen and oxygen atoms in total. The van der Waals surface area contributed by atoms with Gasteiger partial charge in [0.15, 0.2) is 17.6 Å². The molecule has 2 aliphatic heterocycles. The van der Waals surface area contributed by atoms with Gasteiger partial charge in [0, 0.05) is 39.7 Å². The lowest BCUT2D eigenvalue weighted by Crippen LogP contribution is -2.40. The van der Waals surface area contributed by atoms with Crippen molar-refractivity contribution in [2.24, 2.45) is 11.8 Å². The Balaban J connectivity index is 1.48. The van der Waals surface area contributed by atoms with E-state index in [0.29, 0.717) is 28.9 Å². The van der Waals surface area contributed by atoms with E-state index in [4.69, 9.17) is 18.9 Å². The quantitative estimate of drug-likeness (QED) is 0.206. The SMILES string of the molecule is COc1cc([C@@H]2Oc3cc(OCCO)c4c5c3[C@H]([C@H]2O)[C@H]2CC[C@H](C[C@H](C5)c3cc(O)ccc3-4)[C@H](C)CCSS2)cc(OC)c1O. The first-order valence-electron chi connectivity index (χ1n) is 16.2. The maximum absolute atomic E-state index is 12.5. The third kappa shape index (κ3) is 5.45. The molecule has 7 rings (SSSR count). The Kier molecular flexibility index (Phi) is 8.91. The third-order valence-electron chi connectivity index (χ3n) is 10.5. The van der Waals surface area contributed by atoms with Gasteiger partial charge in [0.05, 0.1) is 20.8 Å². The number of fused-ring (bicyclic) bond motifs is 8. The Hall–Kier alpha value is -2.92. The zero-order chi connectivity index (χ0) is 32.1. The van der Waals surface area contributed by atoms with Crippen molar-refractivity contribution >= 4 is 21.6 Å². The van der Waals surface area contributed by atoms with Crippen LogP contribution in [0.25, 0.3) is 11.1 Å². The highest BCUT2D eigenvalue weighted by Gasteiger charge is 2.47. The van der Waals surface area contributed by atoms with Gasteiger partial charge in [-0.1, -0.05) is 34.6 Å². The second kappa shape index (κ2) is 12.9. The predicted octanol–water partition coefficient (Wildman–Crippen LogP) is 6.96. The predicted molar refractivity (Wildman–Crippen MR) is 181 cm³/mol. The van der Waals surface area contributed by atoms with Gasteiger partial charge in [-0.05, 0) is 90.8 Å². The average Bonchev–Trinajstić information content (AvgIpc) is 3.14. The van der Waals surface area contributed by atoms with Crippen molar-refractivity contribution in [3.63, 3.8) is 0 Å². The van der Waals surface area contributed by atoms with Crippen LogP contribution in [-0.2, 0) is 6.42 Å². The van der Waals surface area contributed by atoms with Crippen LogP contribution in [0.3, 0.4) is 0 Å². The molecule has 2 heterocycles. The van der Waals surface area contributed by atoms with Crippen LogP contribution in [0.15, 0.2) is 36.4 Å². The van der Waals surface area contributed by atoms with Gasteiger partial charge in [-0.15, -0.1) is 0 Å². The summed E-state index contributed by atoms with van der Waals surface area (Å²) in [5.74, 6) is 3.98. The van der Waals surface area contributed by atoms with E-state index in [1.54, 1.807) is 18.2 Å². The van der Waals surface area contributed by atoms with Crippen LogP contribution >= 0.6 is 21.6 Å². The highest BCUT2D eigenvalue weighted by atomic mass is 33.1. The van der Waals surface area contributed by atoms with Gasteiger partial charge in [-0.25, -0.2) is 0 Å². The number of hydrogen-bond acceptors (Lipinski definition) is 10. The maximum atomic E-state index is 12.5. The van der Waals surface area contributed by atoms with Crippen molar-refractivity contribution < 1.29 is 39.4 Å². The summed E-state index contributed by atoms with van der Waals surface area (Å²) in [6.07, 6.45) is 3.28. The van der Waals surface area contributed by atoms with E-state index in [1.165, 1.54) is 14.2 Å². The number of benzene rings is 3. The lowest BCUT2D eigenvalue weighted by atomic mass is 9.67. The van der Waals surface area contributed by atoms with Crippen molar-refractivity contribution in [1.82, 2.24) is 0 Å². The minimum absolute atomic E-state index is 0.106. The summed E-state index contributed by atoms with van der Waals surface area (Å²) in [6, 6.07) is 11.0. The minimum Gasteiger partial charge on any atom is -0.508 e. The molecule has 0 amide bonds. The molecule has 3 aromatic rings. The second-order valence-corrected chi connectivity index (χ2v) is 15.7. The molecule has 3 aromatic carbocycles. The number of hydrogen-bond donors (Lipinski definition) is 4. The molecule has 1 fully saturated rings. The topological polar surface area (TPSA) is 118 Å². The summed E-state index contributed by atoms with van der Waals surface area (Å²) in [7, 11) is 6.77. The van der Waals surface area contributed by atoms with Gasteiger partial charge in [0.25, 0.3) is 0 Å². The smallest absolute Gasteiger partial charge is 0.200 e. The summed E-state index contributed by atoms with van der Waals surface area (Å²) in [6.45, 7) is 2.38. The van der Waals surface area contributed by atoms with E-state index in [9.17, 15) is 20.4 Å². The van der Waals surface area contributed by atoms with Crippen LogP contribution in [0.2, 0.25) is 0 Å². The minimum atomic E-state index is -0.895. The molecule has 246 valence electrons. The second-order valence-electron chi connectivity index (χ2n) is 13.0. The fourth-order valence-corrected chi connectivity index (χ4v) is 11.3. The number of phenols is 2. The van der Waals surface area contributed by atoms with Gasteiger partial charge < -0.3 is 39.4 Å². The summed E-state index contributed by atoms with van der Waals surface area (Å²) >= 11 is 0. The first-order chi connectivity index (χ1) is 22.3. The van der Waals surface area contributed by atoms with Gasteiger partial charge in [0.2, 0.25) is 5.75 Å². The van der Waals surface area contributed by atoms with Gasteiger partial charge >= 0.3 is 0 Å². The number of aliphatic hydroxyl groups is 2. The standard InChI is InChI=1S/C36H42O8S2/c1-18-8-11-45-46-30-7-4-19(18)12-20-13-25-31(23-6-5-22(38)16-24(20)23)26(43-10-9-37)17-27-32(25)33(30)35(40)36(44-27)21-14-28(41-2)34(39)29(15-21)42-3/h5-6,14-20,30,33,35-40H,4,7-13H2,1-3H3/t18-,19-,20-,30-,33-,35-,36+/m1/s1. The van der Waals surface area contributed by atoms with Crippen molar-refractivity contribution in [3.8, 4) is 45.6 Å². The Morgan fingerprint density at radius 3 is 2.50 bits per heavy atom. The molecule has 4 bridgehead atoms. The van der Waals surface area contributed by atoms with Crippen molar-refractivity contribution in [2.75, 3.05) is 33.2 Å². The van der Waals surface area contributed by atoms with E-state index in [-0.39, 0.29) is 53.3 Å². The van der Waals surface area contributed by atoms with Crippen molar-refractivity contribution in [3.05, 3.63) is 58.7 Å². The van der Waals surface area contributed by atoms with Gasteiger partial charge in [-0.2, -0.15) is 0 Å². The summed E-state index contributed by atoms with van der Waals surface area (Å²) in [4.78, 5) is 0. The van der Waals surface area contributed by atoms with Crippen LogP contribution in [0.1, 0.15) is 72.8 Å². The van der Waals surface area contributed by atoms with Crippen LogP contribution in [-0.4, -0.2) is 65.0 Å². The number of ether oxygens (including phenoxy) is 4. The molecule has 4 N–H and O–H groups in total. The normalized spacial score (nSPS) is 28.2. The van der Waals surface area contributed by atoms with Gasteiger partial charge in [-0.3, -0.25) is 0 Å². The van der Waals surface area contributed by atoms with Crippen LogP contribution in [0, 0.1) is 11.8 Å². The molecule has 7 atom stereocenters. The van der Waals surface area contributed by atoms with Crippen LogP contribution in [0.4, 0.5) is 0 Å². The molecule has 2 aliphatic carbocycles. The van der Waals surface area contributed by atoms with Crippen molar-refractivity contribution in [2.45, 2.75) is 68.3 Å². The van der Waals surface area contributed by atoms with Gasteiger partial charge in [0.1, 0.15) is 30.0 Å². The van der Waals surface area contributed by atoms with Crippen molar-refractivity contribution in [1.29, 1.82) is 0 Å². The lowest BCUT2D eigenvalue weighted by molar-refractivity contribution is -0.00265. The zero-order valence-electron chi connectivity index (χ0n) is 26.4. The molecule has 0 spiro atoms. The average molecular weight is 667 g/mol. The lowest BCUT2D eigenvalue weighted by Gasteiger charge is -2.45. The van der Waals surface area contributed by atoms with Crippen LogP contribution < -0.4 is 18.9 Å². The number of aliphatic hydroxyl groups excluding tert-OH is 2. The fourth-order valence-electron chi connectivity index (χ4n) is 8.21. The fraction of sp³-hybridized carbons (Fsp3) is 0.500. The molecule has 1 saturated heterocycles. The molecule has 0 unspecified atom stereocenters. The van der Waals surface area contributed by atoms with Crippen LogP contribution in [0.5, 0.6) is 34.5 Å². The number of phenolic OH excluding ortho intramolecular Hbond substituents is 2. The Morgan fingerprint density at radius 2 is 1.76 bits per heavy atom. The molecule has 4 aliphatic rings. The Labute approximate surface area is 277 Å². The first kappa shape index (κ1) is 31.7. The first-order valence-corrected chi connectivity index (χ1v) is 18.6. The molecule has 10 heteroatoms. The highest BCUT2D eigenvalue weighted by Crippen LogP contribution is 2.59. The van der Waals surface area contributed by atoms with E-state index >= 15 is 0 Å². The van der Waals surface area contributed by atoms with E-state index < -0.39 is 12.2 Å². The summed E-state index contributed by atoms with van der Waals surface area (Å²) in [5, 5.41) is 43.7. The molecule has 0 radical (unpaired) electrons. The number of aromatic hydroxyl groups is 2. The Bertz CT molecular complexity index is 1590. The molecule has 46 heavy (non-hydrogen) atoms. The highest BCUT2D eigenvalue weighted by molar-refractivity contribution is 8.76. The molecular formula is C36H42O8S2. The molecule has 0 saturated carbocycles. The third-order valence-corrected chi connectivity index (χ3v) is 13.5. The van der Waals surface area contributed by atoms with E-state index in [1.807, 2.05) is 39.8 Å². The number of rotatable bonds is 6. The number of methoxy groups -OCH3 is 2. The Morgan fingerprint density at radius 1 is 0.978 bits per heavy atom. The van der Waals surface area contributed by atoms with E-state index in [0.717, 1.165) is 65.7 Å². The largest absolute Gasteiger partial charge is 0.508 e.